The van der Waals surface area contributed by atoms with Crippen molar-refractivity contribution in [3.8, 4) is 0 Å². The van der Waals surface area contributed by atoms with E-state index in [4.69, 9.17) is 0 Å². The van der Waals surface area contributed by atoms with E-state index in [1.807, 2.05) is 42.5 Å². The fourth-order valence-electron chi connectivity index (χ4n) is 2.36. The Balaban J connectivity index is 1.91. The van der Waals surface area contributed by atoms with Gasteiger partial charge in [0, 0.05) is 12.1 Å². The van der Waals surface area contributed by atoms with Crippen LogP contribution in [0.25, 0.3) is 0 Å². The maximum atomic E-state index is 12.4. The summed E-state index contributed by atoms with van der Waals surface area (Å²) in [6.45, 7) is 6.76. The molecule has 0 aliphatic rings. The molecule has 25 heavy (non-hydrogen) atoms. The third-order valence-corrected chi connectivity index (χ3v) is 4.28. The molecule has 4 nitrogen and oxygen atoms in total. The number of carbonyl (C=O) groups excluding carboxylic acids is 2. The summed E-state index contributed by atoms with van der Waals surface area (Å²) in [7, 11) is 0. The van der Waals surface area contributed by atoms with E-state index in [0.29, 0.717) is 18.5 Å². The van der Waals surface area contributed by atoms with Crippen molar-refractivity contribution in [2.45, 2.75) is 32.6 Å². The topological polar surface area (TPSA) is 49.4 Å². The fraction of sp³-hybridized carbons (Fsp3) is 0.300. The lowest BCUT2D eigenvalue weighted by Crippen LogP contribution is -2.38. The van der Waals surface area contributed by atoms with Crippen molar-refractivity contribution in [3.05, 3.63) is 71.3 Å². The third-order valence-electron chi connectivity index (χ3n) is 3.92. The lowest BCUT2D eigenvalue weighted by molar-refractivity contribution is 0.0895. The Labute approximate surface area is 154 Å². The zero-order chi connectivity index (χ0) is 18.4. The van der Waals surface area contributed by atoms with E-state index in [-0.39, 0.29) is 5.41 Å². The summed E-state index contributed by atoms with van der Waals surface area (Å²) in [6, 6.07) is 16.6. The molecular formula is C20H24N2O2S. The number of urea groups is 1. The van der Waals surface area contributed by atoms with Gasteiger partial charge in [0.2, 0.25) is 0 Å². The van der Waals surface area contributed by atoms with Crippen molar-refractivity contribution in [1.82, 2.24) is 9.62 Å². The lowest BCUT2D eigenvalue weighted by Gasteiger charge is -2.20. The number of nitrogens with one attached hydrogen (secondary N) is 1. The van der Waals surface area contributed by atoms with E-state index < -0.39 is 11.9 Å². The number of thiol groups is 1. The number of hydrogen-bond donors (Lipinski definition) is 2. The Bertz CT molecular complexity index is 722. The Hall–Kier alpha value is -2.27. The normalized spacial score (nSPS) is 11.0. The molecule has 0 spiro atoms. The number of benzene rings is 2. The van der Waals surface area contributed by atoms with Gasteiger partial charge < -0.3 is 5.32 Å². The molecule has 132 valence electrons. The molecule has 0 aliphatic heterocycles. The number of imide groups is 1. The van der Waals surface area contributed by atoms with Gasteiger partial charge in [0.25, 0.3) is 5.91 Å². The van der Waals surface area contributed by atoms with Gasteiger partial charge in [-0.1, -0.05) is 76.1 Å². The summed E-state index contributed by atoms with van der Waals surface area (Å²) >= 11 is 4.05. The summed E-state index contributed by atoms with van der Waals surface area (Å²) in [5.41, 5.74) is 2.69. The van der Waals surface area contributed by atoms with Crippen LogP contribution in [0.2, 0.25) is 0 Å². The average molecular weight is 356 g/mol. The van der Waals surface area contributed by atoms with Gasteiger partial charge in [-0.2, -0.15) is 0 Å². The summed E-state index contributed by atoms with van der Waals surface area (Å²) in [6.07, 6.45) is 0.697. The molecule has 0 bridgehead atoms. The molecular weight excluding hydrogens is 332 g/mol. The van der Waals surface area contributed by atoms with Crippen LogP contribution in [0.3, 0.4) is 0 Å². The molecule has 0 radical (unpaired) electrons. The van der Waals surface area contributed by atoms with Crippen molar-refractivity contribution < 1.29 is 9.59 Å². The Morgan fingerprint density at radius 2 is 1.60 bits per heavy atom. The number of rotatable bonds is 4. The SMILES string of the molecule is CC(C)(C)c1ccc(C(=O)N(S)C(=O)NCCc2ccccc2)cc1. The first-order chi connectivity index (χ1) is 11.8. The molecule has 0 aliphatic carbocycles. The zero-order valence-electron chi connectivity index (χ0n) is 14.8. The van der Waals surface area contributed by atoms with Crippen LogP contribution in [0.15, 0.2) is 54.6 Å². The number of amides is 3. The van der Waals surface area contributed by atoms with Crippen molar-refractivity contribution >= 4 is 24.8 Å². The van der Waals surface area contributed by atoms with Crippen LogP contribution in [0.4, 0.5) is 4.79 Å². The van der Waals surface area contributed by atoms with E-state index in [2.05, 4.69) is 38.9 Å². The highest BCUT2D eigenvalue weighted by Gasteiger charge is 2.20. The molecule has 0 atom stereocenters. The van der Waals surface area contributed by atoms with E-state index in [1.165, 1.54) is 0 Å². The molecule has 0 heterocycles. The van der Waals surface area contributed by atoms with E-state index in [0.717, 1.165) is 15.4 Å². The quantitative estimate of drug-likeness (QED) is 0.806. The van der Waals surface area contributed by atoms with Crippen LogP contribution in [0.1, 0.15) is 42.3 Å². The minimum Gasteiger partial charge on any atom is -0.337 e. The third kappa shape index (κ3) is 5.36. The lowest BCUT2D eigenvalue weighted by atomic mass is 9.87. The molecule has 0 saturated carbocycles. The molecule has 0 aromatic heterocycles. The minimum absolute atomic E-state index is 0.0110. The van der Waals surface area contributed by atoms with Gasteiger partial charge in [0.05, 0.1) is 0 Å². The maximum Gasteiger partial charge on any atom is 0.334 e. The maximum absolute atomic E-state index is 12.4. The highest BCUT2D eigenvalue weighted by atomic mass is 32.1. The second kappa shape index (κ2) is 8.21. The van der Waals surface area contributed by atoms with E-state index in [1.54, 1.807) is 12.1 Å². The van der Waals surface area contributed by atoms with Gasteiger partial charge in [-0.3, -0.25) is 4.79 Å². The predicted molar refractivity (Wildman–Crippen MR) is 104 cm³/mol. The van der Waals surface area contributed by atoms with Gasteiger partial charge >= 0.3 is 6.03 Å². The van der Waals surface area contributed by atoms with Gasteiger partial charge in [-0.25, -0.2) is 9.10 Å². The van der Waals surface area contributed by atoms with Gasteiger partial charge in [-0.15, -0.1) is 0 Å². The Morgan fingerprint density at radius 1 is 1.00 bits per heavy atom. The highest BCUT2D eigenvalue weighted by molar-refractivity contribution is 7.79. The summed E-state index contributed by atoms with van der Waals surface area (Å²) < 4.78 is 0.817. The van der Waals surface area contributed by atoms with Crippen molar-refractivity contribution in [1.29, 1.82) is 0 Å². The molecule has 0 fully saturated rings. The Kier molecular flexibility index (Phi) is 6.26. The molecule has 1 N–H and O–H groups in total. The molecule has 3 amide bonds. The molecule has 2 aromatic rings. The zero-order valence-corrected chi connectivity index (χ0v) is 15.7. The Morgan fingerprint density at radius 3 is 2.16 bits per heavy atom. The first kappa shape index (κ1) is 19.1. The van der Waals surface area contributed by atoms with Crippen LogP contribution >= 0.6 is 12.8 Å². The van der Waals surface area contributed by atoms with Gasteiger partial charge in [0.1, 0.15) is 0 Å². The van der Waals surface area contributed by atoms with E-state index >= 15 is 0 Å². The second-order valence-electron chi connectivity index (χ2n) is 6.91. The fourth-order valence-corrected chi connectivity index (χ4v) is 2.55. The van der Waals surface area contributed by atoms with E-state index in [9.17, 15) is 9.59 Å². The first-order valence-corrected chi connectivity index (χ1v) is 8.64. The average Bonchev–Trinajstić information content (AvgIpc) is 2.60. The molecule has 5 heteroatoms. The number of nitrogens with zero attached hydrogens (tertiary/aromatic N) is 1. The molecule has 2 rings (SSSR count). The predicted octanol–water partition coefficient (Wildman–Crippen LogP) is 4.22. The van der Waals surface area contributed by atoms with Crippen LogP contribution in [-0.4, -0.2) is 22.8 Å². The largest absolute Gasteiger partial charge is 0.337 e. The summed E-state index contributed by atoms with van der Waals surface area (Å²) in [5.74, 6) is -0.444. The highest BCUT2D eigenvalue weighted by Crippen LogP contribution is 2.22. The van der Waals surface area contributed by atoms with Crippen molar-refractivity contribution in [2.75, 3.05) is 6.54 Å². The summed E-state index contributed by atoms with van der Waals surface area (Å²) in [4.78, 5) is 24.5. The van der Waals surface area contributed by atoms with Crippen molar-refractivity contribution in [2.24, 2.45) is 0 Å². The first-order valence-electron chi connectivity index (χ1n) is 8.24. The van der Waals surface area contributed by atoms with Crippen LogP contribution in [-0.2, 0) is 11.8 Å². The molecule has 0 unspecified atom stereocenters. The summed E-state index contributed by atoms with van der Waals surface area (Å²) in [5, 5.41) is 2.71. The minimum atomic E-state index is -0.524. The van der Waals surface area contributed by atoms with Crippen LogP contribution in [0, 0.1) is 0 Å². The van der Waals surface area contributed by atoms with Crippen LogP contribution in [0.5, 0.6) is 0 Å². The standard InChI is InChI=1S/C20H24N2O2S/c1-20(2,3)17-11-9-16(10-12-17)18(23)22(25)19(24)21-14-13-15-7-5-4-6-8-15/h4-12,25H,13-14H2,1-3H3,(H,21,24). The number of hydrogen-bond acceptors (Lipinski definition) is 3. The van der Waals surface area contributed by atoms with Crippen LogP contribution < -0.4 is 5.32 Å². The second-order valence-corrected chi connectivity index (χ2v) is 7.31. The van der Waals surface area contributed by atoms with Gasteiger partial charge in [0.15, 0.2) is 0 Å². The smallest absolute Gasteiger partial charge is 0.334 e. The van der Waals surface area contributed by atoms with Gasteiger partial charge in [-0.05, 0) is 35.1 Å². The number of carbonyl (C=O) groups is 2. The monoisotopic (exact) mass is 356 g/mol. The molecule has 2 aromatic carbocycles. The molecule has 0 saturated heterocycles. The van der Waals surface area contributed by atoms with Crippen molar-refractivity contribution in [3.63, 3.8) is 0 Å².